The molecule has 2 aliphatic heterocycles. The molecule has 21 heavy (non-hydrogen) atoms. The second kappa shape index (κ2) is 5.56. The number of carbonyl (C=O) groups is 2. The SMILES string of the molecule is COc1cc(N2CC(=O)N3CCCCC3C2=O)ccc1Cl. The Hall–Kier alpha value is -1.75. The molecule has 2 fully saturated rings. The minimum absolute atomic E-state index is 0.00761. The van der Waals surface area contributed by atoms with Gasteiger partial charge >= 0.3 is 0 Å². The van der Waals surface area contributed by atoms with Crippen molar-refractivity contribution in [3.8, 4) is 5.75 Å². The molecule has 0 spiro atoms. The fraction of sp³-hybridized carbons (Fsp3) is 0.467. The Bertz CT molecular complexity index is 590. The van der Waals surface area contributed by atoms with Crippen molar-refractivity contribution in [1.82, 2.24) is 4.90 Å². The van der Waals surface area contributed by atoms with Crippen molar-refractivity contribution < 1.29 is 14.3 Å². The average Bonchev–Trinajstić information content (AvgIpc) is 2.51. The predicted molar refractivity (Wildman–Crippen MR) is 79.7 cm³/mol. The number of fused-ring (bicyclic) bond motifs is 1. The molecule has 0 N–H and O–H groups in total. The van der Waals surface area contributed by atoms with Gasteiger partial charge in [0.15, 0.2) is 0 Å². The van der Waals surface area contributed by atoms with Gasteiger partial charge in [0.2, 0.25) is 11.8 Å². The van der Waals surface area contributed by atoms with Crippen LogP contribution < -0.4 is 9.64 Å². The van der Waals surface area contributed by atoms with Crippen LogP contribution in [0.3, 0.4) is 0 Å². The Balaban J connectivity index is 1.91. The number of rotatable bonds is 2. The van der Waals surface area contributed by atoms with Crippen LogP contribution >= 0.6 is 11.6 Å². The summed E-state index contributed by atoms with van der Waals surface area (Å²) in [6.45, 7) is 0.771. The topological polar surface area (TPSA) is 49.9 Å². The molecule has 0 aromatic heterocycles. The first-order chi connectivity index (χ1) is 10.1. The van der Waals surface area contributed by atoms with Gasteiger partial charge in [-0.15, -0.1) is 0 Å². The van der Waals surface area contributed by atoms with E-state index in [1.165, 1.54) is 12.0 Å². The van der Waals surface area contributed by atoms with Gasteiger partial charge in [-0.2, -0.15) is 0 Å². The largest absolute Gasteiger partial charge is 0.495 e. The van der Waals surface area contributed by atoms with Crippen LogP contribution in [-0.4, -0.2) is 43.0 Å². The Labute approximate surface area is 128 Å². The van der Waals surface area contributed by atoms with Crippen molar-refractivity contribution in [2.45, 2.75) is 25.3 Å². The molecule has 1 aromatic rings. The van der Waals surface area contributed by atoms with Gasteiger partial charge < -0.3 is 14.5 Å². The number of nitrogens with zero attached hydrogens (tertiary/aromatic N) is 2. The van der Waals surface area contributed by atoms with Crippen molar-refractivity contribution in [1.29, 1.82) is 0 Å². The minimum Gasteiger partial charge on any atom is -0.495 e. The molecule has 5 nitrogen and oxygen atoms in total. The molecule has 6 heteroatoms. The zero-order chi connectivity index (χ0) is 15.0. The van der Waals surface area contributed by atoms with Crippen LogP contribution in [0.5, 0.6) is 5.75 Å². The van der Waals surface area contributed by atoms with E-state index < -0.39 is 0 Å². The summed E-state index contributed by atoms with van der Waals surface area (Å²) >= 11 is 6.01. The summed E-state index contributed by atoms with van der Waals surface area (Å²) in [6, 6.07) is 4.81. The number of hydrogen-bond donors (Lipinski definition) is 0. The number of carbonyl (C=O) groups excluding carboxylic acids is 2. The van der Waals surface area contributed by atoms with Gasteiger partial charge in [0, 0.05) is 18.3 Å². The summed E-state index contributed by atoms with van der Waals surface area (Å²) in [5.41, 5.74) is 0.653. The monoisotopic (exact) mass is 308 g/mol. The summed E-state index contributed by atoms with van der Waals surface area (Å²) in [6.07, 6.45) is 2.70. The van der Waals surface area contributed by atoms with E-state index in [0.29, 0.717) is 23.0 Å². The summed E-state index contributed by atoms with van der Waals surface area (Å²) in [5, 5.41) is 0.483. The third kappa shape index (κ3) is 2.46. The third-order valence-corrected chi connectivity index (χ3v) is 4.43. The van der Waals surface area contributed by atoms with Gasteiger partial charge in [-0.3, -0.25) is 9.59 Å². The number of hydrogen-bond acceptors (Lipinski definition) is 3. The highest BCUT2D eigenvalue weighted by molar-refractivity contribution is 6.32. The summed E-state index contributed by atoms with van der Waals surface area (Å²) in [4.78, 5) is 28.2. The number of anilines is 1. The number of amides is 2. The number of ether oxygens (including phenoxy) is 1. The maximum Gasteiger partial charge on any atom is 0.250 e. The standard InChI is InChI=1S/C15H17ClN2O3/c1-21-13-8-10(5-6-11(13)16)18-9-14(19)17-7-3-2-4-12(17)15(18)20/h5-6,8,12H,2-4,7,9H2,1H3. The summed E-state index contributed by atoms with van der Waals surface area (Å²) < 4.78 is 5.18. The number of methoxy groups -OCH3 is 1. The maximum absolute atomic E-state index is 12.6. The fourth-order valence-electron chi connectivity index (χ4n) is 3.01. The molecule has 0 radical (unpaired) electrons. The van der Waals surface area contributed by atoms with Gasteiger partial charge in [-0.05, 0) is 31.4 Å². The maximum atomic E-state index is 12.6. The van der Waals surface area contributed by atoms with Crippen molar-refractivity contribution in [2.75, 3.05) is 25.1 Å². The van der Waals surface area contributed by atoms with Crippen LogP contribution in [0.25, 0.3) is 0 Å². The molecule has 1 aromatic carbocycles. The van der Waals surface area contributed by atoms with Crippen LogP contribution in [0, 0.1) is 0 Å². The van der Waals surface area contributed by atoms with Crippen LogP contribution in [0.2, 0.25) is 5.02 Å². The molecular formula is C15H17ClN2O3. The van der Waals surface area contributed by atoms with Gasteiger partial charge in [-0.25, -0.2) is 0 Å². The van der Waals surface area contributed by atoms with Crippen LogP contribution in [0.4, 0.5) is 5.69 Å². The second-order valence-electron chi connectivity index (χ2n) is 5.34. The number of benzene rings is 1. The van der Waals surface area contributed by atoms with Crippen LogP contribution in [-0.2, 0) is 9.59 Å². The van der Waals surface area contributed by atoms with Gasteiger partial charge in [0.1, 0.15) is 18.3 Å². The van der Waals surface area contributed by atoms with E-state index in [9.17, 15) is 9.59 Å². The van der Waals surface area contributed by atoms with E-state index >= 15 is 0 Å². The van der Waals surface area contributed by atoms with E-state index in [1.807, 2.05) is 0 Å². The highest BCUT2D eigenvalue weighted by Gasteiger charge is 2.40. The highest BCUT2D eigenvalue weighted by Crippen LogP contribution is 2.32. The number of piperidine rings is 1. The quantitative estimate of drug-likeness (QED) is 0.840. The average molecular weight is 309 g/mol. The molecule has 112 valence electrons. The third-order valence-electron chi connectivity index (χ3n) is 4.11. The molecular weight excluding hydrogens is 292 g/mol. The first kappa shape index (κ1) is 14.2. The molecule has 0 bridgehead atoms. The molecule has 0 saturated carbocycles. The van der Waals surface area contributed by atoms with E-state index in [-0.39, 0.29) is 24.4 Å². The lowest BCUT2D eigenvalue weighted by Gasteiger charge is -2.42. The first-order valence-corrected chi connectivity index (χ1v) is 7.44. The molecule has 3 rings (SSSR count). The molecule has 1 atom stereocenters. The minimum atomic E-state index is -0.318. The Morgan fingerprint density at radius 2 is 2.10 bits per heavy atom. The van der Waals surface area contributed by atoms with Crippen LogP contribution in [0.1, 0.15) is 19.3 Å². The fourth-order valence-corrected chi connectivity index (χ4v) is 3.20. The van der Waals surface area contributed by atoms with Crippen molar-refractivity contribution >= 4 is 29.1 Å². The molecule has 2 amide bonds. The first-order valence-electron chi connectivity index (χ1n) is 7.06. The van der Waals surface area contributed by atoms with Crippen molar-refractivity contribution in [3.63, 3.8) is 0 Å². The van der Waals surface area contributed by atoms with E-state index in [1.54, 1.807) is 23.1 Å². The highest BCUT2D eigenvalue weighted by atomic mass is 35.5. The molecule has 2 saturated heterocycles. The zero-order valence-corrected chi connectivity index (χ0v) is 12.6. The normalized spacial score (nSPS) is 22.3. The number of piperazine rings is 1. The van der Waals surface area contributed by atoms with E-state index in [0.717, 1.165) is 19.3 Å². The van der Waals surface area contributed by atoms with Gasteiger partial charge in [0.05, 0.1) is 12.1 Å². The van der Waals surface area contributed by atoms with Gasteiger partial charge in [0.25, 0.3) is 0 Å². The Morgan fingerprint density at radius 3 is 2.86 bits per heavy atom. The van der Waals surface area contributed by atoms with Crippen LogP contribution in [0.15, 0.2) is 18.2 Å². The smallest absolute Gasteiger partial charge is 0.250 e. The molecule has 0 aliphatic carbocycles. The molecule has 1 unspecified atom stereocenters. The lowest BCUT2D eigenvalue weighted by Crippen LogP contribution is -2.61. The summed E-state index contributed by atoms with van der Waals surface area (Å²) in [7, 11) is 1.52. The Kier molecular flexibility index (Phi) is 3.76. The zero-order valence-electron chi connectivity index (χ0n) is 11.8. The van der Waals surface area contributed by atoms with E-state index in [4.69, 9.17) is 16.3 Å². The van der Waals surface area contributed by atoms with Crippen molar-refractivity contribution in [3.05, 3.63) is 23.2 Å². The molecule has 2 heterocycles. The van der Waals surface area contributed by atoms with Crippen molar-refractivity contribution in [2.24, 2.45) is 0 Å². The van der Waals surface area contributed by atoms with Gasteiger partial charge in [-0.1, -0.05) is 11.6 Å². The van der Waals surface area contributed by atoms with E-state index in [2.05, 4.69) is 0 Å². The number of halogens is 1. The molecule has 2 aliphatic rings. The second-order valence-corrected chi connectivity index (χ2v) is 5.75. The lowest BCUT2D eigenvalue weighted by atomic mass is 9.98. The summed E-state index contributed by atoms with van der Waals surface area (Å²) in [5.74, 6) is 0.493. The lowest BCUT2D eigenvalue weighted by molar-refractivity contribution is -0.144. The predicted octanol–water partition coefficient (Wildman–Crippen LogP) is 2.08. The Morgan fingerprint density at radius 1 is 1.29 bits per heavy atom.